The summed E-state index contributed by atoms with van der Waals surface area (Å²) in [5.74, 6) is 1.49. The number of aryl methyl sites for hydroxylation is 1. The summed E-state index contributed by atoms with van der Waals surface area (Å²) in [6.07, 6.45) is 2.38. The van der Waals surface area contributed by atoms with E-state index in [1.807, 2.05) is 43.3 Å². The van der Waals surface area contributed by atoms with Crippen molar-refractivity contribution >= 4 is 17.4 Å². The van der Waals surface area contributed by atoms with Gasteiger partial charge in [-0.1, -0.05) is 12.1 Å². The number of carbonyl (C=O) groups excluding carboxylic acids is 1. The van der Waals surface area contributed by atoms with Crippen molar-refractivity contribution in [3.63, 3.8) is 0 Å². The molecule has 1 aromatic carbocycles. The monoisotopic (exact) mass is 343 g/mol. The Morgan fingerprint density at radius 2 is 2.00 bits per heavy atom. The average Bonchev–Trinajstić information content (AvgIpc) is 3.26. The van der Waals surface area contributed by atoms with Gasteiger partial charge < -0.3 is 24.7 Å². The second kappa shape index (κ2) is 8.07. The quantitative estimate of drug-likeness (QED) is 0.839. The highest BCUT2D eigenvalue weighted by atomic mass is 16.5. The van der Waals surface area contributed by atoms with E-state index in [4.69, 9.17) is 9.15 Å². The van der Waals surface area contributed by atoms with Gasteiger partial charge in [0.25, 0.3) is 0 Å². The van der Waals surface area contributed by atoms with E-state index in [0.29, 0.717) is 12.4 Å². The lowest BCUT2D eigenvalue weighted by Crippen LogP contribution is -2.35. The number of ether oxygens (including phenoxy) is 1. The molecule has 0 bridgehead atoms. The largest absolute Gasteiger partial charge is 0.464 e. The first-order valence-electron chi connectivity index (χ1n) is 8.64. The fraction of sp³-hybridized carbons (Fsp3) is 0.421. The lowest BCUT2D eigenvalue weighted by Gasteiger charge is -2.22. The van der Waals surface area contributed by atoms with Crippen LogP contribution in [0.15, 0.2) is 40.8 Å². The molecule has 0 saturated carbocycles. The van der Waals surface area contributed by atoms with Crippen LogP contribution in [0.1, 0.15) is 30.4 Å². The molecule has 2 amide bonds. The van der Waals surface area contributed by atoms with E-state index in [1.165, 1.54) is 12.8 Å². The lowest BCUT2D eigenvalue weighted by atomic mass is 10.2. The van der Waals surface area contributed by atoms with Crippen molar-refractivity contribution in [1.29, 1.82) is 0 Å². The van der Waals surface area contributed by atoms with Crippen LogP contribution in [-0.2, 0) is 4.74 Å². The van der Waals surface area contributed by atoms with Crippen molar-refractivity contribution in [2.24, 2.45) is 0 Å². The number of para-hydroxylation sites is 2. The molecule has 1 fully saturated rings. The first kappa shape index (κ1) is 17.4. The molecule has 25 heavy (non-hydrogen) atoms. The third-order valence-electron chi connectivity index (χ3n) is 4.34. The molecule has 2 aromatic rings. The first-order chi connectivity index (χ1) is 12.2. The molecule has 0 unspecified atom stereocenters. The number of carbonyl (C=O) groups is 1. The van der Waals surface area contributed by atoms with Crippen molar-refractivity contribution in [3.05, 3.63) is 47.9 Å². The number of nitrogens with one attached hydrogen (secondary N) is 2. The maximum Gasteiger partial charge on any atom is 0.319 e. The Morgan fingerprint density at radius 3 is 2.68 bits per heavy atom. The molecule has 6 heteroatoms. The van der Waals surface area contributed by atoms with Crippen molar-refractivity contribution in [2.75, 3.05) is 37.0 Å². The van der Waals surface area contributed by atoms with Gasteiger partial charge in [0.1, 0.15) is 17.6 Å². The number of furan rings is 1. The van der Waals surface area contributed by atoms with E-state index in [0.717, 1.165) is 30.2 Å². The summed E-state index contributed by atoms with van der Waals surface area (Å²) >= 11 is 0. The molecule has 0 spiro atoms. The molecule has 0 aliphatic carbocycles. The van der Waals surface area contributed by atoms with Crippen LogP contribution in [0, 0.1) is 6.92 Å². The Morgan fingerprint density at radius 1 is 1.24 bits per heavy atom. The minimum atomic E-state index is -0.336. The molecule has 1 aromatic heterocycles. The van der Waals surface area contributed by atoms with Gasteiger partial charge in [0.2, 0.25) is 0 Å². The summed E-state index contributed by atoms with van der Waals surface area (Å²) in [6.45, 7) is 4.27. The maximum absolute atomic E-state index is 12.5. The van der Waals surface area contributed by atoms with Crippen LogP contribution in [-0.4, -0.2) is 32.8 Å². The van der Waals surface area contributed by atoms with Gasteiger partial charge >= 0.3 is 6.03 Å². The molecule has 1 aliphatic rings. The topological polar surface area (TPSA) is 66.7 Å². The lowest BCUT2D eigenvalue weighted by molar-refractivity contribution is 0.158. The van der Waals surface area contributed by atoms with E-state index < -0.39 is 0 Å². The fourth-order valence-electron chi connectivity index (χ4n) is 3.13. The molecule has 3 rings (SSSR count). The molecule has 6 nitrogen and oxygen atoms in total. The normalized spacial score (nSPS) is 15.2. The SMILES string of the molecule is COC[C@@H](NC(=O)Nc1ccccc1N1CCCC1)c1ccc(C)o1. The van der Waals surface area contributed by atoms with Crippen LogP contribution in [0.3, 0.4) is 0 Å². The Bertz CT molecular complexity index is 707. The van der Waals surface area contributed by atoms with Crippen LogP contribution in [0.4, 0.5) is 16.2 Å². The van der Waals surface area contributed by atoms with Crippen molar-refractivity contribution in [3.8, 4) is 0 Å². The van der Waals surface area contributed by atoms with Gasteiger partial charge in [-0.2, -0.15) is 0 Å². The Balaban J connectivity index is 1.69. The van der Waals surface area contributed by atoms with Crippen molar-refractivity contribution in [2.45, 2.75) is 25.8 Å². The number of amides is 2. The van der Waals surface area contributed by atoms with Crippen LogP contribution in [0.5, 0.6) is 0 Å². The predicted octanol–water partition coefficient (Wildman–Crippen LogP) is 3.70. The molecule has 2 N–H and O–H groups in total. The van der Waals surface area contributed by atoms with Crippen molar-refractivity contribution < 1.29 is 13.9 Å². The number of hydrogen-bond donors (Lipinski definition) is 2. The zero-order valence-electron chi connectivity index (χ0n) is 14.7. The van der Waals surface area contributed by atoms with Crippen molar-refractivity contribution in [1.82, 2.24) is 5.32 Å². The summed E-state index contributed by atoms with van der Waals surface area (Å²) in [7, 11) is 1.60. The zero-order chi connectivity index (χ0) is 17.6. The van der Waals surface area contributed by atoms with Crippen LogP contribution in [0.2, 0.25) is 0 Å². The number of urea groups is 1. The smallest absolute Gasteiger partial charge is 0.319 e. The molecule has 134 valence electrons. The second-order valence-electron chi connectivity index (χ2n) is 6.27. The van der Waals surface area contributed by atoms with E-state index >= 15 is 0 Å². The van der Waals surface area contributed by atoms with E-state index in [1.54, 1.807) is 7.11 Å². The Kier molecular flexibility index (Phi) is 5.60. The van der Waals surface area contributed by atoms with Gasteiger partial charge in [-0.05, 0) is 44.0 Å². The number of benzene rings is 1. The average molecular weight is 343 g/mol. The molecule has 1 saturated heterocycles. The standard InChI is InChI=1S/C19H25N3O3/c1-14-9-10-18(25-14)16(13-24-2)21-19(23)20-15-7-3-4-8-17(15)22-11-5-6-12-22/h3-4,7-10,16H,5-6,11-13H2,1-2H3,(H2,20,21,23)/t16-/m1/s1. The number of rotatable bonds is 6. The van der Waals surface area contributed by atoms with Gasteiger partial charge in [-0.3, -0.25) is 0 Å². The van der Waals surface area contributed by atoms with Gasteiger partial charge in [-0.25, -0.2) is 4.79 Å². The summed E-state index contributed by atoms with van der Waals surface area (Å²) in [6, 6.07) is 11.0. The summed E-state index contributed by atoms with van der Waals surface area (Å²) in [4.78, 5) is 14.8. The number of anilines is 2. The minimum Gasteiger partial charge on any atom is -0.464 e. The number of hydrogen-bond acceptors (Lipinski definition) is 4. The minimum absolute atomic E-state index is 0.275. The molecule has 2 heterocycles. The number of nitrogens with zero attached hydrogens (tertiary/aromatic N) is 1. The molecular formula is C19H25N3O3. The highest BCUT2D eigenvalue weighted by molar-refractivity contribution is 5.93. The maximum atomic E-state index is 12.5. The van der Waals surface area contributed by atoms with Crippen LogP contribution >= 0.6 is 0 Å². The van der Waals surface area contributed by atoms with Gasteiger partial charge in [0.05, 0.1) is 18.0 Å². The van der Waals surface area contributed by atoms with E-state index in [2.05, 4.69) is 15.5 Å². The molecule has 1 aliphatic heterocycles. The number of methoxy groups -OCH3 is 1. The third-order valence-corrected chi connectivity index (χ3v) is 4.34. The van der Waals surface area contributed by atoms with E-state index in [-0.39, 0.29) is 12.1 Å². The van der Waals surface area contributed by atoms with Crippen LogP contribution < -0.4 is 15.5 Å². The highest BCUT2D eigenvalue weighted by Gasteiger charge is 2.20. The highest BCUT2D eigenvalue weighted by Crippen LogP contribution is 2.28. The second-order valence-corrected chi connectivity index (χ2v) is 6.27. The van der Waals surface area contributed by atoms with Gasteiger partial charge in [0, 0.05) is 20.2 Å². The molecule has 0 radical (unpaired) electrons. The Labute approximate surface area is 148 Å². The van der Waals surface area contributed by atoms with E-state index in [9.17, 15) is 4.79 Å². The summed E-state index contributed by atoms with van der Waals surface area (Å²) in [5, 5.41) is 5.89. The fourth-order valence-corrected chi connectivity index (χ4v) is 3.13. The van der Waals surface area contributed by atoms with Crippen LogP contribution in [0.25, 0.3) is 0 Å². The molecule has 1 atom stereocenters. The Hall–Kier alpha value is -2.47. The zero-order valence-corrected chi connectivity index (χ0v) is 14.7. The van der Waals surface area contributed by atoms with Gasteiger partial charge in [-0.15, -0.1) is 0 Å². The third kappa shape index (κ3) is 4.33. The summed E-state index contributed by atoms with van der Waals surface area (Å²) < 4.78 is 10.8. The van der Waals surface area contributed by atoms with Gasteiger partial charge in [0.15, 0.2) is 0 Å². The predicted molar refractivity (Wildman–Crippen MR) is 98.1 cm³/mol. The molecular weight excluding hydrogens is 318 g/mol. The first-order valence-corrected chi connectivity index (χ1v) is 8.64. The summed E-state index contributed by atoms with van der Waals surface area (Å²) in [5.41, 5.74) is 1.88.